The summed E-state index contributed by atoms with van der Waals surface area (Å²) in [5.41, 5.74) is -0.477. The van der Waals surface area contributed by atoms with E-state index in [9.17, 15) is 4.79 Å². The molecule has 16 heavy (non-hydrogen) atoms. The number of carbonyl (C=O) groups is 1. The molecule has 1 heterocycles. The summed E-state index contributed by atoms with van der Waals surface area (Å²) in [5, 5.41) is 2.03. The van der Waals surface area contributed by atoms with E-state index in [0.29, 0.717) is 12.4 Å². The van der Waals surface area contributed by atoms with Gasteiger partial charge in [-0.3, -0.25) is 4.79 Å². The number of rotatable bonds is 5. The fraction of sp³-hybridized carbons (Fsp3) is 0.583. The van der Waals surface area contributed by atoms with Crippen molar-refractivity contribution in [3.63, 3.8) is 0 Å². The average molecular weight is 260 g/mol. The van der Waals surface area contributed by atoms with Crippen molar-refractivity contribution in [2.75, 3.05) is 12.4 Å². The van der Waals surface area contributed by atoms with Crippen LogP contribution in [0.5, 0.6) is 0 Å². The summed E-state index contributed by atoms with van der Waals surface area (Å²) in [7, 11) is 0. The number of thiophene rings is 1. The van der Waals surface area contributed by atoms with Gasteiger partial charge in [0.05, 0.1) is 12.0 Å². The van der Waals surface area contributed by atoms with Gasteiger partial charge in [-0.1, -0.05) is 6.07 Å². The molecule has 1 amide bonds. The van der Waals surface area contributed by atoms with Crippen LogP contribution in [-0.2, 0) is 11.3 Å². The summed E-state index contributed by atoms with van der Waals surface area (Å²) < 4.78 is 0. The Labute approximate surface area is 106 Å². The molecule has 0 radical (unpaired) electrons. The molecule has 0 aliphatic carbocycles. The third-order valence-corrected chi connectivity index (χ3v) is 4.04. The molecule has 0 N–H and O–H groups in total. The first-order valence-corrected chi connectivity index (χ1v) is 6.80. The molecule has 0 aliphatic rings. The lowest BCUT2D eigenvalue weighted by Gasteiger charge is -2.29. The maximum Gasteiger partial charge on any atom is 0.229 e. The summed E-state index contributed by atoms with van der Waals surface area (Å²) >= 11 is 7.50. The van der Waals surface area contributed by atoms with Gasteiger partial charge in [0.1, 0.15) is 0 Å². The molecule has 0 saturated carbocycles. The zero-order valence-corrected chi connectivity index (χ0v) is 11.6. The number of alkyl halides is 1. The predicted molar refractivity (Wildman–Crippen MR) is 69.9 cm³/mol. The van der Waals surface area contributed by atoms with Crippen LogP contribution in [0.15, 0.2) is 17.5 Å². The molecule has 90 valence electrons. The Morgan fingerprint density at radius 3 is 2.69 bits per heavy atom. The molecule has 0 spiro atoms. The first-order chi connectivity index (χ1) is 7.51. The summed E-state index contributed by atoms with van der Waals surface area (Å²) in [6, 6.07) is 4.05. The Morgan fingerprint density at radius 2 is 2.25 bits per heavy atom. The van der Waals surface area contributed by atoms with Crippen molar-refractivity contribution in [1.29, 1.82) is 0 Å². The van der Waals surface area contributed by atoms with Gasteiger partial charge in [0, 0.05) is 17.3 Å². The van der Waals surface area contributed by atoms with E-state index in [0.717, 1.165) is 6.54 Å². The lowest BCUT2D eigenvalue weighted by molar-refractivity contribution is -0.139. The Kier molecular flexibility index (Phi) is 4.81. The first kappa shape index (κ1) is 13.5. The van der Waals surface area contributed by atoms with E-state index in [2.05, 4.69) is 0 Å². The van der Waals surface area contributed by atoms with Crippen molar-refractivity contribution in [2.45, 2.75) is 27.3 Å². The second kappa shape index (κ2) is 5.69. The maximum absolute atomic E-state index is 12.2. The molecular formula is C12H18ClNOS. The molecule has 0 aromatic carbocycles. The van der Waals surface area contributed by atoms with Crippen molar-refractivity contribution in [2.24, 2.45) is 5.41 Å². The van der Waals surface area contributed by atoms with Gasteiger partial charge < -0.3 is 4.90 Å². The Morgan fingerprint density at radius 1 is 1.56 bits per heavy atom. The number of nitrogens with zero attached hydrogens (tertiary/aromatic N) is 1. The summed E-state index contributed by atoms with van der Waals surface area (Å²) in [5.74, 6) is 0.477. The third-order valence-electron chi connectivity index (χ3n) is 2.51. The molecule has 0 bridgehead atoms. The molecule has 0 aliphatic heterocycles. The van der Waals surface area contributed by atoms with Crippen LogP contribution >= 0.6 is 22.9 Å². The predicted octanol–water partition coefficient (Wildman–Crippen LogP) is 3.36. The van der Waals surface area contributed by atoms with E-state index in [1.807, 2.05) is 43.2 Å². The van der Waals surface area contributed by atoms with E-state index in [1.54, 1.807) is 11.3 Å². The largest absolute Gasteiger partial charge is 0.337 e. The molecule has 1 aromatic heterocycles. The quantitative estimate of drug-likeness (QED) is 0.743. The lowest BCUT2D eigenvalue weighted by atomic mass is 9.94. The number of carbonyl (C=O) groups excluding carboxylic acids is 1. The third kappa shape index (κ3) is 3.22. The number of halogens is 1. The topological polar surface area (TPSA) is 20.3 Å². The van der Waals surface area contributed by atoms with Crippen LogP contribution in [0.1, 0.15) is 25.6 Å². The van der Waals surface area contributed by atoms with Gasteiger partial charge in [0.15, 0.2) is 0 Å². The summed E-state index contributed by atoms with van der Waals surface area (Å²) in [4.78, 5) is 15.3. The Hall–Kier alpha value is -0.540. The van der Waals surface area contributed by atoms with Crippen molar-refractivity contribution < 1.29 is 4.79 Å². The zero-order chi connectivity index (χ0) is 12.2. The minimum absolute atomic E-state index is 0.124. The van der Waals surface area contributed by atoms with E-state index in [-0.39, 0.29) is 5.91 Å². The molecule has 0 fully saturated rings. The van der Waals surface area contributed by atoms with Gasteiger partial charge in [0.2, 0.25) is 5.91 Å². The van der Waals surface area contributed by atoms with Crippen LogP contribution in [0.25, 0.3) is 0 Å². The molecule has 0 saturated heterocycles. The van der Waals surface area contributed by atoms with E-state index in [1.165, 1.54) is 4.88 Å². The Bertz CT molecular complexity index is 335. The van der Waals surface area contributed by atoms with Crippen molar-refractivity contribution in [3.05, 3.63) is 22.4 Å². The molecular weight excluding hydrogens is 242 g/mol. The Balaban J connectivity index is 2.71. The van der Waals surface area contributed by atoms with E-state index >= 15 is 0 Å². The molecule has 2 nitrogen and oxygen atoms in total. The highest BCUT2D eigenvalue weighted by molar-refractivity contribution is 7.09. The van der Waals surface area contributed by atoms with Gasteiger partial charge in [-0.05, 0) is 32.2 Å². The van der Waals surface area contributed by atoms with Crippen LogP contribution in [0.3, 0.4) is 0 Å². The second-order valence-electron chi connectivity index (χ2n) is 4.42. The van der Waals surface area contributed by atoms with Crippen molar-refractivity contribution in [3.8, 4) is 0 Å². The number of hydrogen-bond donors (Lipinski definition) is 0. The maximum atomic E-state index is 12.2. The molecule has 1 aromatic rings. The summed E-state index contributed by atoms with van der Waals surface area (Å²) in [6.07, 6.45) is 0. The van der Waals surface area contributed by atoms with Gasteiger partial charge in [-0.25, -0.2) is 0 Å². The van der Waals surface area contributed by atoms with E-state index in [4.69, 9.17) is 11.6 Å². The normalized spacial score (nSPS) is 11.5. The molecule has 0 atom stereocenters. The summed E-state index contributed by atoms with van der Waals surface area (Å²) in [6.45, 7) is 7.18. The lowest BCUT2D eigenvalue weighted by Crippen LogP contribution is -2.41. The zero-order valence-electron chi connectivity index (χ0n) is 10.00. The van der Waals surface area contributed by atoms with Gasteiger partial charge >= 0.3 is 0 Å². The second-order valence-corrected chi connectivity index (χ2v) is 5.72. The standard InChI is InChI=1S/C12H18ClNOS/c1-4-14(8-10-6-5-7-16-10)11(15)12(2,3)9-13/h5-7H,4,8-9H2,1-3H3. The minimum Gasteiger partial charge on any atom is -0.337 e. The average Bonchev–Trinajstić information content (AvgIpc) is 2.77. The monoisotopic (exact) mass is 259 g/mol. The molecule has 1 rings (SSSR count). The fourth-order valence-corrected chi connectivity index (χ4v) is 2.24. The van der Waals surface area contributed by atoms with Crippen LogP contribution in [-0.4, -0.2) is 23.2 Å². The first-order valence-electron chi connectivity index (χ1n) is 5.39. The van der Waals surface area contributed by atoms with Gasteiger partial charge in [-0.2, -0.15) is 0 Å². The van der Waals surface area contributed by atoms with Crippen LogP contribution in [0.4, 0.5) is 0 Å². The van der Waals surface area contributed by atoms with Crippen LogP contribution < -0.4 is 0 Å². The van der Waals surface area contributed by atoms with Crippen molar-refractivity contribution >= 4 is 28.8 Å². The van der Waals surface area contributed by atoms with Crippen LogP contribution in [0, 0.1) is 5.41 Å². The highest BCUT2D eigenvalue weighted by atomic mass is 35.5. The van der Waals surface area contributed by atoms with Crippen LogP contribution in [0.2, 0.25) is 0 Å². The molecule has 0 unspecified atom stereocenters. The van der Waals surface area contributed by atoms with Gasteiger partial charge in [0.25, 0.3) is 0 Å². The minimum atomic E-state index is -0.477. The van der Waals surface area contributed by atoms with Crippen molar-refractivity contribution in [1.82, 2.24) is 4.90 Å². The SMILES string of the molecule is CCN(Cc1cccs1)C(=O)C(C)(C)CCl. The highest BCUT2D eigenvalue weighted by Crippen LogP contribution is 2.22. The number of hydrogen-bond acceptors (Lipinski definition) is 2. The number of amides is 1. The molecule has 4 heteroatoms. The smallest absolute Gasteiger partial charge is 0.229 e. The van der Waals surface area contributed by atoms with Gasteiger partial charge in [-0.15, -0.1) is 22.9 Å². The van der Waals surface area contributed by atoms with E-state index < -0.39 is 5.41 Å². The fourth-order valence-electron chi connectivity index (χ4n) is 1.40. The highest BCUT2D eigenvalue weighted by Gasteiger charge is 2.30.